The first-order valence-corrected chi connectivity index (χ1v) is 7.05. The first kappa shape index (κ1) is 17.0. The molecule has 0 aliphatic heterocycles. The van der Waals surface area contributed by atoms with Gasteiger partial charge in [0.25, 0.3) is 0 Å². The molecule has 0 heterocycles. The van der Waals surface area contributed by atoms with Crippen LogP contribution in [0.25, 0.3) is 6.08 Å². The van der Waals surface area contributed by atoms with Crippen LogP contribution in [0.5, 0.6) is 0 Å². The van der Waals surface area contributed by atoms with Crippen LogP contribution in [-0.2, 0) is 9.59 Å². The van der Waals surface area contributed by atoms with Crippen LogP contribution >= 0.6 is 0 Å². The van der Waals surface area contributed by atoms with Crippen LogP contribution in [0.15, 0.2) is 24.3 Å². The number of hydrogen-bond acceptors (Lipinski definition) is 2. The zero-order valence-corrected chi connectivity index (χ0v) is 13.1. The smallest absolute Gasteiger partial charge is 0.311 e. The molecule has 21 heavy (non-hydrogen) atoms. The van der Waals surface area contributed by atoms with Crippen molar-refractivity contribution < 1.29 is 14.7 Å². The van der Waals surface area contributed by atoms with Gasteiger partial charge in [0.1, 0.15) is 0 Å². The normalized spacial score (nSPS) is 13.9. The lowest BCUT2D eigenvalue weighted by Crippen LogP contribution is -2.40. The minimum atomic E-state index is -0.927. The lowest BCUT2D eigenvalue weighted by atomic mass is 9.88. The van der Waals surface area contributed by atoms with E-state index in [1.54, 1.807) is 19.9 Å². The molecule has 1 amide bonds. The number of carbonyl (C=O) groups is 2. The summed E-state index contributed by atoms with van der Waals surface area (Å²) in [5.74, 6) is -1.18. The Bertz CT molecular complexity index is 563. The van der Waals surface area contributed by atoms with Gasteiger partial charge in [0, 0.05) is 12.6 Å². The molecule has 0 bridgehead atoms. The Hall–Kier alpha value is -2.10. The molecule has 1 atom stereocenters. The average Bonchev–Trinajstić information content (AvgIpc) is 2.43. The molecular weight excluding hydrogens is 266 g/mol. The number of benzene rings is 1. The first-order valence-electron chi connectivity index (χ1n) is 7.05. The summed E-state index contributed by atoms with van der Waals surface area (Å²) in [4.78, 5) is 22.9. The Labute approximate surface area is 125 Å². The standard InChI is InChI=1S/C17H23NO3/c1-5-17(4,16(20)21)11-18-15(19)9-8-14-7-6-12(2)10-13(14)3/h6-10H,5,11H2,1-4H3,(H,18,19)(H,20,21)/b9-8+. The van der Waals surface area contributed by atoms with E-state index in [0.29, 0.717) is 6.42 Å². The highest BCUT2D eigenvalue weighted by Gasteiger charge is 2.31. The fraction of sp³-hybridized carbons (Fsp3) is 0.412. The van der Waals surface area contributed by atoms with Gasteiger partial charge in [-0.3, -0.25) is 9.59 Å². The zero-order valence-electron chi connectivity index (χ0n) is 13.1. The molecule has 0 saturated heterocycles. The summed E-state index contributed by atoms with van der Waals surface area (Å²) in [6.07, 6.45) is 3.65. The molecule has 2 N–H and O–H groups in total. The highest BCUT2D eigenvalue weighted by atomic mass is 16.4. The van der Waals surface area contributed by atoms with Gasteiger partial charge in [-0.15, -0.1) is 0 Å². The molecule has 0 radical (unpaired) electrons. The Morgan fingerprint density at radius 2 is 2.00 bits per heavy atom. The van der Waals surface area contributed by atoms with E-state index in [1.807, 2.05) is 26.0 Å². The first-order chi connectivity index (χ1) is 9.78. The van der Waals surface area contributed by atoms with Crippen LogP contribution in [0.4, 0.5) is 0 Å². The maximum absolute atomic E-state index is 11.8. The molecule has 0 aliphatic rings. The minimum Gasteiger partial charge on any atom is -0.481 e. The summed E-state index contributed by atoms with van der Waals surface area (Å²) in [6, 6.07) is 6.00. The maximum Gasteiger partial charge on any atom is 0.311 e. The van der Waals surface area contributed by atoms with Gasteiger partial charge in [-0.25, -0.2) is 0 Å². The van der Waals surface area contributed by atoms with Crippen molar-refractivity contribution in [1.29, 1.82) is 0 Å². The quantitative estimate of drug-likeness (QED) is 0.791. The van der Waals surface area contributed by atoms with Crippen molar-refractivity contribution in [3.8, 4) is 0 Å². The van der Waals surface area contributed by atoms with Gasteiger partial charge in [-0.1, -0.05) is 30.7 Å². The number of nitrogens with one attached hydrogen (secondary N) is 1. The molecular formula is C17H23NO3. The molecule has 0 aliphatic carbocycles. The van der Waals surface area contributed by atoms with E-state index in [4.69, 9.17) is 5.11 Å². The number of hydrogen-bond donors (Lipinski definition) is 2. The lowest BCUT2D eigenvalue weighted by Gasteiger charge is -2.22. The number of aryl methyl sites for hydroxylation is 2. The zero-order chi connectivity index (χ0) is 16.0. The summed E-state index contributed by atoms with van der Waals surface area (Å²) in [6.45, 7) is 7.55. The van der Waals surface area contributed by atoms with Crippen molar-refractivity contribution in [2.75, 3.05) is 6.54 Å². The van der Waals surface area contributed by atoms with Gasteiger partial charge in [0.2, 0.25) is 5.91 Å². The predicted octanol–water partition coefficient (Wildman–Crippen LogP) is 2.93. The van der Waals surface area contributed by atoms with Crippen LogP contribution in [0.3, 0.4) is 0 Å². The van der Waals surface area contributed by atoms with Crippen LogP contribution in [0.2, 0.25) is 0 Å². The Kier molecular flexibility index (Phi) is 5.70. The van der Waals surface area contributed by atoms with E-state index in [-0.39, 0.29) is 12.5 Å². The number of carboxylic acid groups (broad SMARTS) is 1. The largest absolute Gasteiger partial charge is 0.481 e. The maximum atomic E-state index is 11.8. The molecule has 114 valence electrons. The van der Waals surface area contributed by atoms with Crippen molar-refractivity contribution >= 4 is 18.0 Å². The topological polar surface area (TPSA) is 66.4 Å². The monoisotopic (exact) mass is 289 g/mol. The van der Waals surface area contributed by atoms with Crippen LogP contribution in [-0.4, -0.2) is 23.5 Å². The lowest BCUT2D eigenvalue weighted by molar-refractivity contribution is -0.148. The highest BCUT2D eigenvalue weighted by Crippen LogP contribution is 2.19. The van der Waals surface area contributed by atoms with Crippen LogP contribution in [0, 0.1) is 19.3 Å². The third-order valence-corrected chi connectivity index (χ3v) is 3.79. The van der Waals surface area contributed by atoms with E-state index in [2.05, 4.69) is 11.4 Å². The van der Waals surface area contributed by atoms with Gasteiger partial charge < -0.3 is 10.4 Å². The Balaban J connectivity index is 2.65. The second-order valence-corrected chi connectivity index (χ2v) is 5.63. The minimum absolute atomic E-state index is 0.120. The van der Waals surface area contributed by atoms with Crippen molar-refractivity contribution in [3.05, 3.63) is 41.0 Å². The van der Waals surface area contributed by atoms with Gasteiger partial charge in [-0.05, 0) is 44.4 Å². The predicted molar refractivity (Wildman–Crippen MR) is 84.0 cm³/mol. The molecule has 1 unspecified atom stereocenters. The van der Waals surface area contributed by atoms with Crippen LogP contribution in [0.1, 0.15) is 37.0 Å². The molecule has 1 rings (SSSR count). The summed E-state index contributed by atoms with van der Waals surface area (Å²) < 4.78 is 0. The van der Waals surface area contributed by atoms with Gasteiger partial charge >= 0.3 is 5.97 Å². The fourth-order valence-corrected chi connectivity index (χ4v) is 1.87. The van der Waals surface area contributed by atoms with E-state index >= 15 is 0 Å². The molecule has 0 spiro atoms. The molecule has 0 saturated carbocycles. The Morgan fingerprint density at radius 3 is 2.52 bits per heavy atom. The second-order valence-electron chi connectivity index (χ2n) is 5.63. The van der Waals surface area contributed by atoms with E-state index < -0.39 is 11.4 Å². The number of rotatable bonds is 6. The summed E-state index contributed by atoms with van der Waals surface area (Å²) in [5, 5.41) is 11.8. The van der Waals surface area contributed by atoms with Crippen molar-refractivity contribution in [3.63, 3.8) is 0 Å². The Morgan fingerprint density at radius 1 is 1.33 bits per heavy atom. The second kappa shape index (κ2) is 7.07. The number of carboxylic acids is 1. The summed E-state index contributed by atoms with van der Waals surface area (Å²) in [5.41, 5.74) is 2.33. The third-order valence-electron chi connectivity index (χ3n) is 3.79. The summed E-state index contributed by atoms with van der Waals surface area (Å²) in [7, 11) is 0. The number of aliphatic carboxylic acids is 1. The van der Waals surface area contributed by atoms with Gasteiger partial charge in [-0.2, -0.15) is 0 Å². The van der Waals surface area contributed by atoms with E-state index in [1.165, 1.54) is 11.6 Å². The van der Waals surface area contributed by atoms with E-state index in [9.17, 15) is 9.59 Å². The van der Waals surface area contributed by atoms with E-state index in [0.717, 1.165) is 11.1 Å². The molecule has 0 aromatic heterocycles. The van der Waals surface area contributed by atoms with Gasteiger partial charge in [0.05, 0.1) is 5.41 Å². The van der Waals surface area contributed by atoms with Crippen molar-refractivity contribution in [1.82, 2.24) is 5.32 Å². The fourth-order valence-electron chi connectivity index (χ4n) is 1.87. The SMILES string of the molecule is CCC(C)(CNC(=O)/C=C/c1ccc(C)cc1C)C(=O)O. The third kappa shape index (κ3) is 4.74. The molecule has 4 nitrogen and oxygen atoms in total. The summed E-state index contributed by atoms with van der Waals surface area (Å²) >= 11 is 0. The van der Waals surface area contributed by atoms with Crippen LogP contribution < -0.4 is 5.32 Å². The average molecular weight is 289 g/mol. The number of carbonyl (C=O) groups excluding carboxylic acids is 1. The molecule has 1 aromatic carbocycles. The molecule has 4 heteroatoms. The molecule has 0 fully saturated rings. The molecule has 1 aromatic rings. The van der Waals surface area contributed by atoms with Gasteiger partial charge in [0.15, 0.2) is 0 Å². The number of amides is 1. The highest BCUT2D eigenvalue weighted by molar-refractivity contribution is 5.92. The van der Waals surface area contributed by atoms with Crippen molar-refractivity contribution in [2.24, 2.45) is 5.41 Å². The van der Waals surface area contributed by atoms with Crippen molar-refractivity contribution in [2.45, 2.75) is 34.1 Å².